The standard InChI is InChI=1S/C15H18O4/c1-15(2)11(10-7-5-4-6-8-10)9-12(13(16)18-3)19-14(15)17/h4-9,11,14,17H,1-3H3/t11-,14?/m1/s1. The summed E-state index contributed by atoms with van der Waals surface area (Å²) in [6.45, 7) is 3.81. The Morgan fingerprint density at radius 3 is 2.53 bits per heavy atom. The Morgan fingerprint density at radius 2 is 1.95 bits per heavy atom. The Labute approximate surface area is 112 Å². The second-order valence-corrected chi connectivity index (χ2v) is 5.20. The highest BCUT2D eigenvalue weighted by Gasteiger charge is 2.43. The largest absolute Gasteiger partial charge is 0.463 e. The molecule has 0 bridgehead atoms. The molecule has 4 nitrogen and oxygen atoms in total. The molecule has 1 aromatic carbocycles. The van der Waals surface area contributed by atoms with Crippen molar-refractivity contribution in [3.63, 3.8) is 0 Å². The summed E-state index contributed by atoms with van der Waals surface area (Å²) >= 11 is 0. The highest BCUT2D eigenvalue weighted by Crippen LogP contribution is 2.44. The van der Waals surface area contributed by atoms with Gasteiger partial charge in [0.1, 0.15) is 0 Å². The number of hydrogen-bond donors (Lipinski definition) is 1. The van der Waals surface area contributed by atoms with Gasteiger partial charge in [-0.2, -0.15) is 0 Å². The molecule has 1 aromatic rings. The van der Waals surface area contributed by atoms with Crippen LogP contribution in [-0.4, -0.2) is 24.5 Å². The third-order valence-corrected chi connectivity index (χ3v) is 3.54. The van der Waals surface area contributed by atoms with Gasteiger partial charge in [0, 0.05) is 11.3 Å². The SMILES string of the molecule is COC(=O)C1=C[C@H](c2ccccc2)C(C)(C)C(O)O1. The van der Waals surface area contributed by atoms with Crippen molar-refractivity contribution in [2.45, 2.75) is 26.1 Å². The predicted molar refractivity (Wildman–Crippen MR) is 70.2 cm³/mol. The van der Waals surface area contributed by atoms with Gasteiger partial charge < -0.3 is 14.6 Å². The smallest absolute Gasteiger partial charge is 0.373 e. The summed E-state index contributed by atoms with van der Waals surface area (Å²) in [4.78, 5) is 11.6. The molecule has 0 saturated carbocycles. The highest BCUT2D eigenvalue weighted by molar-refractivity contribution is 5.86. The van der Waals surface area contributed by atoms with Gasteiger partial charge in [0.25, 0.3) is 0 Å². The second kappa shape index (κ2) is 5.05. The molecule has 2 rings (SSSR count). The number of methoxy groups -OCH3 is 1. The van der Waals surface area contributed by atoms with Crippen LogP contribution in [0.25, 0.3) is 0 Å². The number of ether oxygens (including phenoxy) is 2. The summed E-state index contributed by atoms with van der Waals surface area (Å²) in [6.07, 6.45) is 0.658. The molecule has 0 fully saturated rings. The van der Waals surface area contributed by atoms with Crippen molar-refractivity contribution in [1.29, 1.82) is 0 Å². The van der Waals surface area contributed by atoms with E-state index in [9.17, 15) is 9.90 Å². The number of benzene rings is 1. The minimum Gasteiger partial charge on any atom is -0.463 e. The topological polar surface area (TPSA) is 55.8 Å². The van der Waals surface area contributed by atoms with Crippen LogP contribution in [0.1, 0.15) is 25.3 Å². The normalized spacial score (nSPS) is 25.2. The van der Waals surface area contributed by atoms with Gasteiger partial charge in [-0.15, -0.1) is 0 Å². The van der Waals surface area contributed by atoms with E-state index in [0.717, 1.165) is 5.56 Å². The van der Waals surface area contributed by atoms with E-state index in [1.165, 1.54) is 7.11 Å². The van der Waals surface area contributed by atoms with Gasteiger partial charge in [-0.1, -0.05) is 44.2 Å². The Bertz CT molecular complexity index is 490. The second-order valence-electron chi connectivity index (χ2n) is 5.20. The first-order valence-electron chi connectivity index (χ1n) is 6.16. The van der Waals surface area contributed by atoms with Gasteiger partial charge in [0.2, 0.25) is 12.0 Å². The van der Waals surface area contributed by atoms with Crippen LogP contribution in [0.3, 0.4) is 0 Å². The van der Waals surface area contributed by atoms with Crippen molar-refractivity contribution in [3.05, 3.63) is 47.7 Å². The van der Waals surface area contributed by atoms with Crippen molar-refractivity contribution in [3.8, 4) is 0 Å². The van der Waals surface area contributed by atoms with Gasteiger partial charge in [-0.3, -0.25) is 0 Å². The van der Waals surface area contributed by atoms with Crippen LogP contribution < -0.4 is 0 Å². The van der Waals surface area contributed by atoms with Crippen LogP contribution in [0.2, 0.25) is 0 Å². The lowest BCUT2D eigenvalue weighted by Gasteiger charge is -2.40. The molecule has 1 N–H and O–H groups in total. The van der Waals surface area contributed by atoms with Crippen LogP contribution in [0.5, 0.6) is 0 Å². The molecule has 0 radical (unpaired) electrons. The summed E-state index contributed by atoms with van der Waals surface area (Å²) in [6, 6.07) is 9.72. The molecule has 102 valence electrons. The van der Waals surface area contributed by atoms with E-state index in [-0.39, 0.29) is 11.7 Å². The van der Waals surface area contributed by atoms with Crippen LogP contribution in [0.15, 0.2) is 42.2 Å². The lowest BCUT2D eigenvalue weighted by Crippen LogP contribution is -2.41. The molecular formula is C15H18O4. The minimum atomic E-state index is -1.06. The first-order valence-corrected chi connectivity index (χ1v) is 6.16. The first-order chi connectivity index (χ1) is 8.96. The van der Waals surface area contributed by atoms with Gasteiger partial charge in [0.15, 0.2) is 0 Å². The van der Waals surface area contributed by atoms with E-state index in [0.29, 0.717) is 0 Å². The van der Waals surface area contributed by atoms with Gasteiger partial charge >= 0.3 is 5.97 Å². The zero-order valence-corrected chi connectivity index (χ0v) is 11.3. The minimum absolute atomic E-state index is 0.0585. The maximum atomic E-state index is 11.6. The summed E-state index contributed by atoms with van der Waals surface area (Å²) in [5.41, 5.74) is 0.495. The lowest BCUT2D eigenvalue weighted by molar-refractivity contribution is -0.172. The van der Waals surface area contributed by atoms with E-state index in [1.807, 2.05) is 44.2 Å². The summed E-state index contributed by atoms with van der Waals surface area (Å²) in [5.74, 6) is -0.634. The summed E-state index contributed by atoms with van der Waals surface area (Å²) < 4.78 is 9.90. The molecule has 1 heterocycles. The maximum Gasteiger partial charge on any atom is 0.373 e. The van der Waals surface area contributed by atoms with Crippen LogP contribution >= 0.6 is 0 Å². The van der Waals surface area contributed by atoms with Crippen molar-refractivity contribution in [1.82, 2.24) is 0 Å². The van der Waals surface area contributed by atoms with E-state index in [2.05, 4.69) is 4.74 Å². The molecular weight excluding hydrogens is 244 g/mol. The zero-order valence-electron chi connectivity index (χ0n) is 11.3. The number of rotatable bonds is 2. The van der Waals surface area contributed by atoms with Crippen LogP contribution in [0, 0.1) is 5.41 Å². The number of allylic oxidation sites excluding steroid dienone is 1. The summed E-state index contributed by atoms with van der Waals surface area (Å²) in [5, 5.41) is 10.1. The lowest BCUT2D eigenvalue weighted by atomic mass is 9.73. The van der Waals surface area contributed by atoms with Crippen molar-refractivity contribution < 1.29 is 19.4 Å². The number of hydrogen-bond acceptors (Lipinski definition) is 4. The fourth-order valence-corrected chi connectivity index (χ4v) is 2.23. The number of esters is 1. The van der Waals surface area contributed by atoms with E-state index in [1.54, 1.807) is 6.08 Å². The first kappa shape index (κ1) is 13.6. The molecule has 0 saturated heterocycles. The molecule has 4 heteroatoms. The number of aliphatic hydroxyl groups excluding tert-OH is 1. The highest BCUT2D eigenvalue weighted by atomic mass is 16.6. The number of carbonyl (C=O) groups excluding carboxylic acids is 1. The fraction of sp³-hybridized carbons (Fsp3) is 0.400. The quantitative estimate of drug-likeness (QED) is 0.830. The molecule has 2 atom stereocenters. The third-order valence-electron chi connectivity index (χ3n) is 3.54. The predicted octanol–water partition coefficient (Wildman–Crippen LogP) is 2.20. The van der Waals surface area contributed by atoms with Crippen molar-refractivity contribution in [2.75, 3.05) is 7.11 Å². The average molecular weight is 262 g/mol. The molecule has 0 aromatic heterocycles. The van der Waals surface area contributed by atoms with E-state index >= 15 is 0 Å². The molecule has 1 aliphatic heterocycles. The molecule has 0 spiro atoms. The van der Waals surface area contributed by atoms with Crippen LogP contribution in [0.4, 0.5) is 0 Å². The maximum absolute atomic E-state index is 11.6. The third kappa shape index (κ3) is 2.49. The average Bonchev–Trinajstić information content (AvgIpc) is 2.41. The van der Waals surface area contributed by atoms with Crippen molar-refractivity contribution in [2.24, 2.45) is 5.41 Å². The molecule has 0 amide bonds. The fourth-order valence-electron chi connectivity index (χ4n) is 2.23. The number of aliphatic hydroxyl groups is 1. The Hall–Kier alpha value is -1.81. The van der Waals surface area contributed by atoms with Crippen LogP contribution in [-0.2, 0) is 14.3 Å². The summed E-state index contributed by atoms with van der Waals surface area (Å²) in [7, 11) is 1.29. The monoisotopic (exact) mass is 262 g/mol. The Balaban J connectivity index is 2.44. The van der Waals surface area contributed by atoms with Gasteiger partial charge in [-0.25, -0.2) is 4.79 Å². The molecule has 0 aliphatic carbocycles. The van der Waals surface area contributed by atoms with Crippen molar-refractivity contribution >= 4 is 5.97 Å². The van der Waals surface area contributed by atoms with E-state index in [4.69, 9.17) is 4.74 Å². The Kier molecular flexibility index (Phi) is 3.62. The molecule has 19 heavy (non-hydrogen) atoms. The molecule has 1 unspecified atom stereocenters. The Morgan fingerprint density at radius 1 is 1.32 bits per heavy atom. The van der Waals surface area contributed by atoms with E-state index < -0.39 is 17.7 Å². The molecule has 1 aliphatic rings. The van der Waals surface area contributed by atoms with Gasteiger partial charge in [-0.05, 0) is 11.6 Å². The number of carbonyl (C=O) groups is 1. The van der Waals surface area contributed by atoms with Gasteiger partial charge in [0.05, 0.1) is 7.11 Å². The zero-order chi connectivity index (χ0) is 14.0.